The number of carbonyl (C=O) groups excluding carboxylic acids is 1. The van der Waals surface area contributed by atoms with Crippen molar-refractivity contribution in [3.05, 3.63) is 93.3 Å². The van der Waals surface area contributed by atoms with Crippen LogP contribution in [-0.2, 0) is 11.2 Å². The zero-order valence-electron chi connectivity index (χ0n) is 17.1. The van der Waals surface area contributed by atoms with Crippen LogP contribution in [0.5, 0.6) is 0 Å². The van der Waals surface area contributed by atoms with Gasteiger partial charge in [0.2, 0.25) is 5.91 Å². The van der Waals surface area contributed by atoms with E-state index in [-0.39, 0.29) is 17.9 Å². The Morgan fingerprint density at radius 2 is 1.84 bits per heavy atom. The first-order valence-corrected chi connectivity index (χ1v) is 11.7. The van der Waals surface area contributed by atoms with Crippen molar-refractivity contribution in [1.82, 2.24) is 14.6 Å². The van der Waals surface area contributed by atoms with E-state index in [1.165, 1.54) is 29.0 Å². The number of thiazole rings is 1. The smallest absolute Gasteiger partial charge is 0.273 e. The molecule has 8 heteroatoms. The third-order valence-corrected chi connectivity index (χ3v) is 6.81. The average molecular weight is 459 g/mol. The number of benzene rings is 2. The number of nitrogens with zero attached hydrogens (tertiary/aromatic N) is 3. The fourth-order valence-corrected chi connectivity index (χ4v) is 5.20. The molecular formula is C24H18N4O2S2. The minimum Gasteiger partial charge on any atom is -0.273 e. The zero-order chi connectivity index (χ0) is 22.1. The summed E-state index contributed by atoms with van der Waals surface area (Å²) in [6.07, 6.45) is 1.43. The molecule has 1 amide bonds. The number of carbonyl (C=O) groups is 1. The summed E-state index contributed by atoms with van der Waals surface area (Å²) in [5.74, 6) is -0.328. The molecule has 2 aromatic carbocycles. The van der Waals surface area contributed by atoms with E-state index in [4.69, 9.17) is 0 Å². The molecule has 0 aliphatic rings. The fraction of sp³-hybridized carbons (Fsp3) is 0.0833. The van der Waals surface area contributed by atoms with Crippen LogP contribution in [0.2, 0.25) is 0 Å². The van der Waals surface area contributed by atoms with E-state index in [0.717, 1.165) is 31.9 Å². The monoisotopic (exact) mass is 458 g/mol. The van der Waals surface area contributed by atoms with E-state index in [0.29, 0.717) is 15.9 Å². The second-order valence-electron chi connectivity index (χ2n) is 7.34. The lowest BCUT2D eigenvalue weighted by molar-refractivity contribution is -0.116. The van der Waals surface area contributed by atoms with E-state index >= 15 is 0 Å². The third kappa shape index (κ3) is 3.98. The number of aryl methyl sites for hydroxylation is 1. The van der Waals surface area contributed by atoms with Crippen LogP contribution in [-0.4, -0.2) is 20.6 Å². The van der Waals surface area contributed by atoms with Crippen LogP contribution in [0.1, 0.15) is 11.3 Å². The Bertz CT molecular complexity index is 1480. The lowest BCUT2D eigenvalue weighted by Crippen LogP contribution is -2.34. The molecule has 3 aromatic heterocycles. The molecule has 32 heavy (non-hydrogen) atoms. The van der Waals surface area contributed by atoms with Crippen molar-refractivity contribution in [1.29, 1.82) is 0 Å². The van der Waals surface area contributed by atoms with Crippen molar-refractivity contribution in [2.45, 2.75) is 13.3 Å². The predicted molar refractivity (Wildman–Crippen MR) is 130 cm³/mol. The number of nitrogens with one attached hydrogen (secondary N) is 1. The maximum absolute atomic E-state index is 13.1. The second-order valence-corrected chi connectivity index (χ2v) is 9.06. The molecule has 0 saturated carbocycles. The average Bonchev–Trinajstić information content (AvgIpc) is 3.44. The van der Waals surface area contributed by atoms with Gasteiger partial charge < -0.3 is 0 Å². The summed E-state index contributed by atoms with van der Waals surface area (Å²) >= 11 is 2.90. The number of fused-ring (bicyclic) bond motifs is 1. The molecule has 3 heterocycles. The molecule has 0 aliphatic heterocycles. The van der Waals surface area contributed by atoms with Crippen LogP contribution < -0.4 is 11.0 Å². The highest BCUT2D eigenvalue weighted by Crippen LogP contribution is 2.30. The minimum absolute atomic E-state index is 0.0714. The van der Waals surface area contributed by atoms with Gasteiger partial charge in [-0.1, -0.05) is 54.1 Å². The molecule has 0 radical (unpaired) electrons. The van der Waals surface area contributed by atoms with E-state index in [1.807, 2.05) is 66.2 Å². The lowest BCUT2D eigenvalue weighted by Gasteiger charge is -2.07. The Morgan fingerprint density at radius 3 is 2.66 bits per heavy atom. The van der Waals surface area contributed by atoms with Gasteiger partial charge in [-0.05, 0) is 18.6 Å². The first-order valence-electron chi connectivity index (χ1n) is 9.94. The molecule has 0 bridgehead atoms. The van der Waals surface area contributed by atoms with Gasteiger partial charge in [0.1, 0.15) is 16.2 Å². The summed E-state index contributed by atoms with van der Waals surface area (Å²) in [5.41, 5.74) is 6.94. The molecule has 1 N–H and O–H groups in total. The Hall–Kier alpha value is -3.62. The van der Waals surface area contributed by atoms with Gasteiger partial charge in [-0.15, -0.1) is 22.7 Å². The normalized spacial score (nSPS) is 11.0. The van der Waals surface area contributed by atoms with E-state index in [2.05, 4.69) is 21.5 Å². The van der Waals surface area contributed by atoms with Gasteiger partial charge in [0.15, 0.2) is 0 Å². The minimum atomic E-state index is -0.328. The molecule has 5 rings (SSSR count). The standard InChI is InChI=1S/C24H18N4O2S2/c1-15-6-5-9-17(10-15)22-26-18(12-31-22)11-20(29)27-28-14-25-23-21(24(28)30)19(13-32-23)16-7-3-2-4-8-16/h2-10,12-14H,11H2,1H3,(H,27,29). The summed E-state index contributed by atoms with van der Waals surface area (Å²) in [4.78, 5) is 35.3. The quantitative estimate of drug-likeness (QED) is 0.408. The highest BCUT2D eigenvalue weighted by Gasteiger charge is 2.15. The van der Waals surface area contributed by atoms with Crippen molar-refractivity contribution >= 4 is 38.8 Å². The van der Waals surface area contributed by atoms with Crippen LogP contribution in [0.3, 0.4) is 0 Å². The fourth-order valence-electron chi connectivity index (χ4n) is 3.48. The Morgan fingerprint density at radius 1 is 1.03 bits per heavy atom. The van der Waals surface area contributed by atoms with Crippen molar-refractivity contribution in [3.63, 3.8) is 0 Å². The summed E-state index contributed by atoms with van der Waals surface area (Å²) in [7, 11) is 0. The van der Waals surface area contributed by atoms with Crippen molar-refractivity contribution in [2.75, 3.05) is 5.43 Å². The second kappa shape index (κ2) is 8.49. The molecule has 0 fully saturated rings. The van der Waals surface area contributed by atoms with Crippen LogP contribution >= 0.6 is 22.7 Å². The summed E-state index contributed by atoms with van der Waals surface area (Å²) in [6.45, 7) is 2.03. The molecule has 0 unspecified atom stereocenters. The SMILES string of the molecule is Cc1cccc(-c2nc(CC(=O)Nn3cnc4scc(-c5ccccc5)c4c3=O)cs2)c1. The van der Waals surface area contributed by atoms with Crippen molar-refractivity contribution in [2.24, 2.45) is 0 Å². The summed E-state index contributed by atoms with van der Waals surface area (Å²) in [5, 5.41) is 5.15. The van der Waals surface area contributed by atoms with Gasteiger partial charge in [0.25, 0.3) is 5.56 Å². The van der Waals surface area contributed by atoms with Crippen LogP contribution in [0.4, 0.5) is 0 Å². The van der Waals surface area contributed by atoms with Crippen LogP contribution in [0, 0.1) is 6.92 Å². The van der Waals surface area contributed by atoms with Crippen LogP contribution in [0.25, 0.3) is 31.9 Å². The number of thiophene rings is 1. The molecule has 0 atom stereocenters. The molecule has 6 nitrogen and oxygen atoms in total. The van der Waals surface area contributed by atoms with E-state index in [1.54, 1.807) is 0 Å². The number of hydrogen-bond donors (Lipinski definition) is 1. The van der Waals surface area contributed by atoms with E-state index < -0.39 is 0 Å². The van der Waals surface area contributed by atoms with Crippen molar-refractivity contribution in [3.8, 4) is 21.7 Å². The molecule has 0 saturated heterocycles. The largest absolute Gasteiger partial charge is 0.281 e. The molecule has 0 aliphatic carbocycles. The highest BCUT2D eigenvalue weighted by molar-refractivity contribution is 7.17. The molecule has 158 valence electrons. The van der Waals surface area contributed by atoms with Gasteiger partial charge in [0, 0.05) is 21.9 Å². The lowest BCUT2D eigenvalue weighted by atomic mass is 10.1. The molecular weight excluding hydrogens is 440 g/mol. The third-order valence-electron chi connectivity index (χ3n) is 4.98. The molecule has 5 aromatic rings. The molecule has 0 spiro atoms. The Balaban J connectivity index is 1.38. The van der Waals surface area contributed by atoms with Gasteiger partial charge in [-0.3, -0.25) is 15.0 Å². The summed E-state index contributed by atoms with van der Waals surface area (Å²) in [6, 6.07) is 17.8. The number of hydrogen-bond acceptors (Lipinski definition) is 6. The predicted octanol–water partition coefficient (Wildman–Crippen LogP) is 4.87. The number of rotatable bonds is 5. The van der Waals surface area contributed by atoms with Gasteiger partial charge in [-0.25, -0.2) is 14.6 Å². The summed E-state index contributed by atoms with van der Waals surface area (Å²) < 4.78 is 1.15. The van der Waals surface area contributed by atoms with Crippen LogP contribution in [0.15, 0.2) is 76.5 Å². The number of amides is 1. The Kier molecular flexibility index (Phi) is 5.38. The van der Waals surface area contributed by atoms with E-state index in [9.17, 15) is 9.59 Å². The maximum atomic E-state index is 13.1. The van der Waals surface area contributed by atoms with Gasteiger partial charge in [0.05, 0.1) is 17.5 Å². The zero-order valence-corrected chi connectivity index (χ0v) is 18.7. The number of aromatic nitrogens is 3. The van der Waals surface area contributed by atoms with Gasteiger partial charge in [-0.2, -0.15) is 0 Å². The van der Waals surface area contributed by atoms with Gasteiger partial charge >= 0.3 is 0 Å². The maximum Gasteiger partial charge on any atom is 0.281 e. The van der Waals surface area contributed by atoms with Crippen molar-refractivity contribution < 1.29 is 4.79 Å². The first-order chi connectivity index (χ1) is 15.6. The Labute approximate surface area is 191 Å². The first kappa shape index (κ1) is 20.3. The highest BCUT2D eigenvalue weighted by atomic mass is 32.1. The topological polar surface area (TPSA) is 76.9 Å².